The minimum atomic E-state index is 0.237. The highest BCUT2D eigenvalue weighted by atomic mass is 16.2. The van der Waals surface area contributed by atoms with E-state index in [1.165, 1.54) is 6.42 Å². The average molecular weight is 283 g/mol. The van der Waals surface area contributed by atoms with Gasteiger partial charge in [0.05, 0.1) is 6.42 Å². The molecular formula is C17H21N3O. The third-order valence-electron chi connectivity index (χ3n) is 5.28. The summed E-state index contributed by atoms with van der Waals surface area (Å²) in [5.41, 5.74) is 8.34. The molecule has 1 aromatic heterocycles. The molecule has 2 aromatic rings. The van der Waals surface area contributed by atoms with Gasteiger partial charge in [0.15, 0.2) is 0 Å². The zero-order chi connectivity index (χ0) is 14.4. The van der Waals surface area contributed by atoms with Crippen molar-refractivity contribution in [3.8, 4) is 0 Å². The highest BCUT2D eigenvalue weighted by Crippen LogP contribution is 2.37. The van der Waals surface area contributed by atoms with Crippen LogP contribution in [0.2, 0.25) is 0 Å². The normalized spacial score (nSPS) is 28.2. The summed E-state index contributed by atoms with van der Waals surface area (Å²) >= 11 is 0. The number of nitrogens with one attached hydrogen (secondary N) is 1. The van der Waals surface area contributed by atoms with Crippen LogP contribution in [0.15, 0.2) is 30.5 Å². The number of para-hydroxylation sites is 1. The maximum atomic E-state index is 12.6. The summed E-state index contributed by atoms with van der Waals surface area (Å²) in [7, 11) is 0. The summed E-state index contributed by atoms with van der Waals surface area (Å²) in [4.78, 5) is 17.8. The first-order valence-corrected chi connectivity index (χ1v) is 7.80. The Balaban J connectivity index is 1.49. The second kappa shape index (κ2) is 4.88. The molecule has 3 N–H and O–H groups in total. The number of likely N-dealkylation sites (tertiary alicyclic amines) is 1. The molecular weight excluding hydrogens is 262 g/mol. The number of amides is 1. The van der Waals surface area contributed by atoms with Gasteiger partial charge in [0, 0.05) is 36.2 Å². The van der Waals surface area contributed by atoms with Gasteiger partial charge in [0.25, 0.3) is 0 Å². The lowest BCUT2D eigenvalue weighted by molar-refractivity contribution is -0.129. The van der Waals surface area contributed by atoms with Crippen LogP contribution in [0.25, 0.3) is 10.9 Å². The first kappa shape index (κ1) is 12.9. The molecule has 2 aliphatic rings. The third kappa shape index (κ3) is 2.14. The summed E-state index contributed by atoms with van der Waals surface area (Å²) in [6.07, 6.45) is 4.76. The van der Waals surface area contributed by atoms with Crippen molar-refractivity contribution in [2.75, 3.05) is 13.1 Å². The molecule has 2 heterocycles. The van der Waals surface area contributed by atoms with E-state index in [0.717, 1.165) is 36.0 Å². The number of rotatable bonds is 2. The minimum absolute atomic E-state index is 0.237. The van der Waals surface area contributed by atoms with Crippen LogP contribution in [0.1, 0.15) is 18.4 Å². The van der Waals surface area contributed by atoms with Gasteiger partial charge in [-0.3, -0.25) is 4.79 Å². The Morgan fingerprint density at radius 1 is 1.29 bits per heavy atom. The summed E-state index contributed by atoms with van der Waals surface area (Å²) in [6, 6.07) is 8.43. The van der Waals surface area contributed by atoms with E-state index in [0.29, 0.717) is 24.3 Å². The third-order valence-corrected chi connectivity index (χ3v) is 5.28. The van der Waals surface area contributed by atoms with Crippen molar-refractivity contribution in [3.63, 3.8) is 0 Å². The van der Waals surface area contributed by atoms with E-state index in [9.17, 15) is 4.79 Å². The quantitative estimate of drug-likeness (QED) is 0.884. The highest BCUT2D eigenvalue weighted by molar-refractivity contribution is 5.89. The fraction of sp³-hybridized carbons (Fsp3) is 0.471. The number of hydrogen-bond donors (Lipinski definition) is 2. The molecule has 1 aromatic carbocycles. The summed E-state index contributed by atoms with van der Waals surface area (Å²) < 4.78 is 0. The molecule has 3 atom stereocenters. The van der Waals surface area contributed by atoms with E-state index in [2.05, 4.69) is 11.1 Å². The van der Waals surface area contributed by atoms with Crippen LogP contribution in [-0.4, -0.2) is 34.9 Å². The smallest absolute Gasteiger partial charge is 0.227 e. The summed E-state index contributed by atoms with van der Waals surface area (Å²) in [5.74, 6) is 1.39. The van der Waals surface area contributed by atoms with Crippen LogP contribution < -0.4 is 5.73 Å². The lowest BCUT2D eigenvalue weighted by Crippen LogP contribution is -2.34. The molecule has 3 unspecified atom stereocenters. The van der Waals surface area contributed by atoms with Crippen LogP contribution in [0, 0.1) is 11.8 Å². The number of nitrogens with two attached hydrogens (primary N) is 1. The average Bonchev–Trinajstić information content (AvgIpc) is 3.16. The number of aromatic nitrogens is 1. The molecule has 21 heavy (non-hydrogen) atoms. The Morgan fingerprint density at radius 2 is 2.14 bits per heavy atom. The molecule has 110 valence electrons. The molecule has 1 saturated carbocycles. The van der Waals surface area contributed by atoms with Gasteiger partial charge in [0.1, 0.15) is 0 Å². The SMILES string of the molecule is NC1CCC2CN(C(=O)Cc3c[nH]c4ccccc34)CC12. The number of benzene rings is 1. The topological polar surface area (TPSA) is 62.1 Å². The van der Waals surface area contributed by atoms with Gasteiger partial charge in [-0.15, -0.1) is 0 Å². The van der Waals surface area contributed by atoms with Crippen LogP contribution in [0.3, 0.4) is 0 Å². The molecule has 4 nitrogen and oxygen atoms in total. The van der Waals surface area contributed by atoms with E-state index in [1.807, 2.05) is 29.3 Å². The second-order valence-electron chi connectivity index (χ2n) is 6.50. The van der Waals surface area contributed by atoms with Gasteiger partial charge >= 0.3 is 0 Å². The molecule has 0 radical (unpaired) electrons. The first-order valence-electron chi connectivity index (χ1n) is 7.80. The Kier molecular flexibility index (Phi) is 3.00. The number of fused-ring (bicyclic) bond motifs is 2. The molecule has 0 bridgehead atoms. The second-order valence-corrected chi connectivity index (χ2v) is 6.50. The van der Waals surface area contributed by atoms with E-state index in [-0.39, 0.29) is 5.91 Å². The van der Waals surface area contributed by atoms with Gasteiger partial charge in [-0.2, -0.15) is 0 Å². The number of aromatic amines is 1. The molecule has 0 spiro atoms. The van der Waals surface area contributed by atoms with E-state index >= 15 is 0 Å². The van der Waals surface area contributed by atoms with Gasteiger partial charge in [-0.1, -0.05) is 18.2 Å². The van der Waals surface area contributed by atoms with Crippen LogP contribution in [0.5, 0.6) is 0 Å². The van der Waals surface area contributed by atoms with Crippen LogP contribution in [-0.2, 0) is 11.2 Å². The van der Waals surface area contributed by atoms with Crippen molar-refractivity contribution in [1.82, 2.24) is 9.88 Å². The zero-order valence-electron chi connectivity index (χ0n) is 12.1. The standard InChI is InChI=1S/C17H21N3O/c18-15-6-5-11-9-20(10-14(11)15)17(21)7-12-8-19-16-4-2-1-3-13(12)16/h1-4,8,11,14-15,19H,5-7,9-10,18H2. The van der Waals surface area contributed by atoms with E-state index in [1.54, 1.807) is 0 Å². The maximum Gasteiger partial charge on any atom is 0.227 e. The van der Waals surface area contributed by atoms with Gasteiger partial charge in [-0.05, 0) is 36.3 Å². The van der Waals surface area contributed by atoms with E-state index < -0.39 is 0 Å². The van der Waals surface area contributed by atoms with Crippen LogP contribution in [0.4, 0.5) is 0 Å². The number of H-pyrrole nitrogens is 1. The largest absolute Gasteiger partial charge is 0.361 e. The molecule has 1 amide bonds. The molecule has 4 rings (SSSR count). The van der Waals surface area contributed by atoms with Crippen LogP contribution >= 0.6 is 0 Å². The van der Waals surface area contributed by atoms with E-state index in [4.69, 9.17) is 5.73 Å². The number of nitrogens with zero attached hydrogens (tertiary/aromatic N) is 1. The van der Waals surface area contributed by atoms with Gasteiger partial charge in [0.2, 0.25) is 5.91 Å². The molecule has 4 heteroatoms. The van der Waals surface area contributed by atoms with Crippen molar-refractivity contribution >= 4 is 16.8 Å². The Hall–Kier alpha value is -1.81. The Morgan fingerprint density at radius 3 is 3.00 bits per heavy atom. The highest BCUT2D eigenvalue weighted by Gasteiger charge is 2.42. The monoisotopic (exact) mass is 283 g/mol. The molecule has 1 saturated heterocycles. The fourth-order valence-electron chi connectivity index (χ4n) is 4.06. The minimum Gasteiger partial charge on any atom is -0.361 e. The van der Waals surface area contributed by atoms with Crippen molar-refractivity contribution in [3.05, 3.63) is 36.0 Å². The van der Waals surface area contributed by atoms with Gasteiger partial charge in [-0.25, -0.2) is 0 Å². The lowest BCUT2D eigenvalue weighted by Gasteiger charge is -2.18. The van der Waals surface area contributed by atoms with Crippen molar-refractivity contribution in [1.29, 1.82) is 0 Å². The van der Waals surface area contributed by atoms with Crippen molar-refractivity contribution < 1.29 is 4.79 Å². The Bertz CT molecular complexity index is 677. The van der Waals surface area contributed by atoms with Crippen molar-refractivity contribution in [2.45, 2.75) is 25.3 Å². The first-order chi connectivity index (χ1) is 10.2. The van der Waals surface area contributed by atoms with Gasteiger partial charge < -0.3 is 15.6 Å². The molecule has 1 aliphatic carbocycles. The zero-order valence-corrected chi connectivity index (χ0v) is 12.1. The summed E-state index contributed by atoms with van der Waals surface area (Å²) in [6.45, 7) is 1.76. The summed E-state index contributed by atoms with van der Waals surface area (Å²) in [5, 5.41) is 1.15. The Labute approximate surface area is 124 Å². The number of hydrogen-bond acceptors (Lipinski definition) is 2. The molecule has 2 fully saturated rings. The molecule has 1 aliphatic heterocycles. The van der Waals surface area contributed by atoms with Crippen molar-refractivity contribution in [2.24, 2.45) is 17.6 Å². The fourth-order valence-corrected chi connectivity index (χ4v) is 4.06. The predicted molar refractivity (Wildman–Crippen MR) is 82.8 cm³/mol. The predicted octanol–water partition coefficient (Wildman–Crippen LogP) is 1.91. The number of carbonyl (C=O) groups is 1. The lowest BCUT2D eigenvalue weighted by atomic mass is 9.98. The maximum absolute atomic E-state index is 12.6. The number of carbonyl (C=O) groups excluding carboxylic acids is 1.